The number of nitrogens with zero attached hydrogens (tertiary/aromatic N) is 1. The third kappa shape index (κ3) is 11.3. The van der Waals surface area contributed by atoms with Gasteiger partial charge in [-0.2, -0.15) is 5.26 Å². The minimum atomic E-state index is -0.335. The van der Waals surface area contributed by atoms with Crippen LogP contribution in [0.25, 0.3) is 0 Å². The highest BCUT2D eigenvalue weighted by Gasteiger charge is 2.16. The molecule has 1 amide bonds. The van der Waals surface area contributed by atoms with E-state index in [1.165, 1.54) is 51.1 Å². The molecule has 6 heteroatoms. The van der Waals surface area contributed by atoms with Crippen LogP contribution in [0.4, 0.5) is 0 Å². The maximum Gasteiger partial charge on any atom is 0.307 e. The molecule has 0 radical (unpaired) electrons. The Morgan fingerprint density at radius 1 is 1.04 bits per heavy atom. The maximum absolute atomic E-state index is 12.4. The van der Waals surface area contributed by atoms with E-state index in [4.69, 9.17) is 4.74 Å². The van der Waals surface area contributed by atoms with Crippen molar-refractivity contribution in [3.8, 4) is 6.07 Å². The first-order chi connectivity index (χ1) is 13.2. The molecule has 1 saturated carbocycles. The minimum Gasteiger partial charge on any atom is -0.466 e. The Morgan fingerprint density at radius 2 is 1.59 bits per heavy atom. The van der Waals surface area contributed by atoms with Crippen LogP contribution in [0.2, 0.25) is 0 Å². The number of ether oxygens (including phenoxy) is 1. The van der Waals surface area contributed by atoms with E-state index in [0.29, 0.717) is 13.2 Å². The van der Waals surface area contributed by atoms with E-state index in [0.717, 1.165) is 25.7 Å². The summed E-state index contributed by atoms with van der Waals surface area (Å²) >= 11 is 0. The summed E-state index contributed by atoms with van der Waals surface area (Å²) in [7, 11) is 0. The number of rotatable bonds is 7. The molecule has 0 saturated heterocycles. The fourth-order valence-electron chi connectivity index (χ4n) is 3.30. The molecule has 0 aromatic carbocycles. The van der Waals surface area contributed by atoms with Crippen molar-refractivity contribution < 1.29 is 14.3 Å². The smallest absolute Gasteiger partial charge is 0.307 e. The summed E-state index contributed by atoms with van der Waals surface area (Å²) in [5.74, 6) is -0.632. The summed E-state index contributed by atoms with van der Waals surface area (Å²) in [5, 5.41) is 15.1. The van der Waals surface area contributed by atoms with Gasteiger partial charge in [0.15, 0.2) is 0 Å². The normalized spacial score (nSPS) is 17.7. The van der Waals surface area contributed by atoms with Gasteiger partial charge in [-0.25, -0.2) is 0 Å². The zero-order valence-corrected chi connectivity index (χ0v) is 16.7. The third-order valence-corrected chi connectivity index (χ3v) is 4.83. The molecule has 1 aliphatic carbocycles. The van der Waals surface area contributed by atoms with Crippen molar-refractivity contribution in [2.45, 2.75) is 90.0 Å². The molecule has 0 bridgehead atoms. The molecule has 0 unspecified atom stereocenters. The molecular weight excluding hydrogens is 342 g/mol. The Balaban J connectivity index is 2.46. The van der Waals surface area contributed by atoms with Crippen LogP contribution in [0.3, 0.4) is 0 Å². The first-order valence-electron chi connectivity index (χ1n) is 10.5. The van der Waals surface area contributed by atoms with E-state index >= 15 is 0 Å². The second kappa shape index (κ2) is 15.1. The van der Waals surface area contributed by atoms with Crippen molar-refractivity contribution in [2.24, 2.45) is 0 Å². The Hall–Kier alpha value is -2.03. The molecule has 0 aromatic rings. The van der Waals surface area contributed by atoms with E-state index in [9.17, 15) is 14.9 Å². The first kappa shape index (κ1) is 23.0. The molecule has 2 N–H and O–H groups in total. The summed E-state index contributed by atoms with van der Waals surface area (Å²) in [5.41, 5.74) is 0.0463. The third-order valence-electron chi connectivity index (χ3n) is 4.83. The molecule has 152 valence electrons. The summed E-state index contributed by atoms with van der Waals surface area (Å²) in [6.45, 7) is 2.44. The zero-order valence-electron chi connectivity index (χ0n) is 16.7. The molecule has 1 aliphatic rings. The lowest BCUT2D eigenvalue weighted by molar-refractivity contribution is -0.142. The van der Waals surface area contributed by atoms with Crippen LogP contribution in [-0.2, 0) is 14.3 Å². The van der Waals surface area contributed by atoms with Gasteiger partial charge in [0.25, 0.3) is 5.91 Å². The molecular formula is C21H35N3O3. The van der Waals surface area contributed by atoms with Gasteiger partial charge in [-0.1, -0.05) is 57.8 Å². The molecule has 0 spiro atoms. The fraction of sp³-hybridized carbons (Fsp3) is 0.762. The monoisotopic (exact) mass is 377 g/mol. The Morgan fingerprint density at radius 3 is 2.11 bits per heavy atom. The number of nitrogens with one attached hydrogen (secondary N) is 2. The molecule has 0 aromatic heterocycles. The van der Waals surface area contributed by atoms with Crippen molar-refractivity contribution in [2.75, 3.05) is 13.2 Å². The molecule has 1 fully saturated rings. The summed E-state index contributed by atoms with van der Waals surface area (Å²) in [6.07, 6.45) is 14.7. The molecule has 27 heavy (non-hydrogen) atoms. The van der Waals surface area contributed by atoms with Gasteiger partial charge in [0.05, 0.1) is 13.0 Å². The predicted molar refractivity (Wildman–Crippen MR) is 106 cm³/mol. The lowest BCUT2D eigenvalue weighted by Gasteiger charge is -2.19. The highest BCUT2D eigenvalue weighted by atomic mass is 16.5. The van der Waals surface area contributed by atoms with Crippen LogP contribution in [0.15, 0.2) is 11.8 Å². The van der Waals surface area contributed by atoms with Gasteiger partial charge >= 0.3 is 5.97 Å². The number of esters is 1. The van der Waals surface area contributed by atoms with Gasteiger partial charge in [-0.15, -0.1) is 0 Å². The van der Waals surface area contributed by atoms with E-state index in [1.807, 2.05) is 6.07 Å². The van der Waals surface area contributed by atoms with Gasteiger partial charge in [0.1, 0.15) is 11.6 Å². The molecule has 0 atom stereocenters. The van der Waals surface area contributed by atoms with Crippen molar-refractivity contribution in [3.05, 3.63) is 11.8 Å². The molecule has 0 heterocycles. The number of hydrogen-bond donors (Lipinski definition) is 2. The van der Waals surface area contributed by atoms with Gasteiger partial charge < -0.3 is 15.4 Å². The summed E-state index contributed by atoms with van der Waals surface area (Å²) < 4.78 is 4.84. The van der Waals surface area contributed by atoms with Crippen molar-refractivity contribution in [1.82, 2.24) is 10.6 Å². The standard InChI is InChI=1S/C21H35N3O3/c1-2-27-20(25)14-15-23-17-18(16-22)21(26)24-19-12-10-8-6-4-3-5-7-9-11-13-19/h17,19,23H,2-15H2,1H3,(H,24,26)/b18-17-. The van der Waals surface area contributed by atoms with E-state index in [1.54, 1.807) is 6.92 Å². The highest BCUT2D eigenvalue weighted by molar-refractivity contribution is 5.97. The highest BCUT2D eigenvalue weighted by Crippen LogP contribution is 2.17. The maximum atomic E-state index is 12.4. The van der Waals surface area contributed by atoms with Crippen LogP contribution in [0.5, 0.6) is 0 Å². The second-order valence-corrected chi connectivity index (χ2v) is 7.11. The lowest BCUT2D eigenvalue weighted by atomic mass is 9.98. The lowest BCUT2D eigenvalue weighted by Crippen LogP contribution is -2.36. The average molecular weight is 378 g/mol. The zero-order chi connectivity index (χ0) is 19.7. The van der Waals surface area contributed by atoms with Crippen LogP contribution in [-0.4, -0.2) is 31.1 Å². The Kier molecular flexibility index (Phi) is 12.8. The van der Waals surface area contributed by atoms with Crippen LogP contribution < -0.4 is 10.6 Å². The van der Waals surface area contributed by atoms with E-state index < -0.39 is 0 Å². The number of hydrogen-bond acceptors (Lipinski definition) is 5. The predicted octanol–water partition coefficient (Wildman–Crippen LogP) is 3.73. The van der Waals surface area contributed by atoms with Crippen molar-refractivity contribution >= 4 is 11.9 Å². The van der Waals surface area contributed by atoms with Crippen molar-refractivity contribution in [3.63, 3.8) is 0 Å². The van der Waals surface area contributed by atoms with Crippen LogP contribution >= 0.6 is 0 Å². The first-order valence-corrected chi connectivity index (χ1v) is 10.5. The minimum absolute atomic E-state index is 0.0463. The largest absolute Gasteiger partial charge is 0.466 e. The van der Waals surface area contributed by atoms with Gasteiger partial charge in [0, 0.05) is 18.8 Å². The molecule has 1 rings (SSSR count). The second-order valence-electron chi connectivity index (χ2n) is 7.11. The average Bonchev–Trinajstić information content (AvgIpc) is 2.64. The number of carbonyl (C=O) groups is 2. The fourth-order valence-corrected chi connectivity index (χ4v) is 3.30. The number of nitriles is 1. The Labute approximate surface area is 163 Å². The summed E-state index contributed by atoms with van der Waals surface area (Å²) in [4.78, 5) is 23.7. The number of amides is 1. The van der Waals surface area contributed by atoms with Crippen LogP contribution in [0.1, 0.15) is 84.0 Å². The quantitative estimate of drug-likeness (QED) is 0.305. The SMILES string of the molecule is CCOC(=O)CCN/C=C(/C#N)C(=O)NC1CCCCCCCCCCC1. The molecule has 0 aliphatic heterocycles. The van der Waals surface area contributed by atoms with Crippen LogP contribution in [0, 0.1) is 11.3 Å². The number of carbonyl (C=O) groups excluding carboxylic acids is 2. The summed E-state index contributed by atoms with van der Waals surface area (Å²) in [6, 6.07) is 2.08. The molecule has 6 nitrogen and oxygen atoms in total. The van der Waals surface area contributed by atoms with Crippen molar-refractivity contribution in [1.29, 1.82) is 5.26 Å². The van der Waals surface area contributed by atoms with Gasteiger partial charge in [0.2, 0.25) is 0 Å². The van der Waals surface area contributed by atoms with Gasteiger partial charge in [-0.05, 0) is 19.8 Å². The van der Waals surface area contributed by atoms with E-state index in [2.05, 4.69) is 10.6 Å². The van der Waals surface area contributed by atoms with Gasteiger partial charge in [-0.3, -0.25) is 9.59 Å². The topological polar surface area (TPSA) is 91.2 Å². The Bertz CT molecular complexity index is 499. The van der Waals surface area contributed by atoms with E-state index in [-0.39, 0.29) is 29.9 Å².